The molecule has 0 spiro atoms. The lowest BCUT2D eigenvalue weighted by Crippen LogP contribution is -2.25. The fourth-order valence-electron chi connectivity index (χ4n) is 3.02. The first-order valence-corrected chi connectivity index (χ1v) is 10.9. The number of thiazole rings is 1. The van der Waals surface area contributed by atoms with Gasteiger partial charge >= 0.3 is 0 Å². The molecule has 0 unspecified atom stereocenters. The quantitative estimate of drug-likeness (QED) is 0.429. The number of fused-ring (bicyclic) bond motifs is 1. The average molecular weight is 454 g/mol. The van der Waals surface area contributed by atoms with Crippen LogP contribution in [0.2, 0.25) is 0 Å². The molecule has 0 radical (unpaired) electrons. The van der Waals surface area contributed by atoms with Crippen molar-refractivity contribution < 1.29 is 14.4 Å². The topological polar surface area (TPSA) is 111 Å². The number of anilines is 1. The molecular formula is C20H15N5O4S2. The molecule has 1 aromatic heterocycles. The first-order chi connectivity index (χ1) is 15.1. The van der Waals surface area contributed by atoms with E-state index >= 15 is 0 Å². The van der Waals surface area contributed by atoms with Gasteiger partial charge in [-0.3, -0.25) is 26.0 Å². The number of aliphatic imine (C=N–C) groups is 1. The summed E-state index contributed by atoms with van der Waals surface area (Å²) in [5.41, 5.74) is 8.54. The van der Waals surface area contributed by atoms with E-state index in [0.29, 0.717) is 22.9 Å². The minimum atomic E-state index is -0.416. The van der Waals surface area contributed by atoms with E-state index in [1.165, 1.54) is 35.2 Å². The molecule has 2 aliphatic rings. The molecule has 0 atom stereocenters. The maximum atomic E-state index is 11.0. The predicted octanol–water partition coefficient (Wildman–Crippen LogP) is 4.51. The van der Waals surface area contributed by atoms with Crippen molar-refractivity contribution in [2.45, 2.75) is 0 Å². The molecular weight excluding hydrogens is 438 g/mol. The number of benzene rings is 2. The summed E-state index contributed by atoms with van der Waals surface area (Å²) in [4.78, 5) is 20.6. The van der Waals surface area contributed by atoms with Gasteiger partial charge in [0.1, 0.15) is 0 Å². The molecule has 156 valence electrons. The third-order valence-electron chi connectivity index (χ3n) is 4.46. The highest BCUT2D eigenvalue weighted by Gasteiger charge is 2.16. The Morgan fingerprint density at radius 1 is 1.13 bits per heavy atom. The van der Waals surface area contributed by atoms with Crippen LogP contribution in [0.15, 0.2) is 57.7 Å². The minimum Gasteiger partial charge on any atom is -0.454 e. The van der Waals surface area contributed by atoms with Gasteiger partial charge in [0.15, 0.2) is 16.7 Å². The lowest BCUT2D eigenvalue weighted by atomic mass is 10.1. The molecule has 0 fully saturated rings. The molecule has 0 amide bonds. The second-order valence-corrected chi connectivity index (χ2v) is 8.52. The Kier molecular flexibility index (Phi) is 5.18. The summed E-state index contributed by atoms with van der Waals surface area (Å²) in [6.45, 7) is 0.840. The second-order valence-electron chi connectivity index (χ2n) is 6.54. The highest BCUT2D eigenvalue weighted by atomic mass is 32.2. The summed E-state index contributed by atoms with van der Waals surface area (Å²) in [6.07, 6.45) is 2.06. The Bertz CT molecular complexity index is 1220. The first-order valence-electron chi connectivity index (χ1n) is 9.19. The van der Waals surface area contributed by atoms with Crippen LogP contribution in [0.4, 0.5) is 10.8 Å². The number of hydrogen-bond donors (Lipinski definition) is 2. The highest BCUT2D eigenvalue weighted by Crippen LogP contribution is 2.34. The van der Waals surface area contributed by atoms with E-state index in [-0.39, 0.29) is 12.5 Å². The second kappa shape index (κ2) is 8.28. The van der Waals surface area contributed by atoms with Crippen LogP contribution in [0.1, 0.15) is 5.56 Å². The van der Waals surface area contributed by atoms with Gasteiger partial charge in [-0.25, -0.2) is 4.98 Å². The Labute approximate surface area is 184 Å². The van der Waals surface area contributed by atoms with E-state index in [4.69, 9.17) is 9.47 Å². The van der Waals surface area contributed by atoms with Crippen molar-refractivity contribution in [1.82, 2.24) is 10.4 Å². The summed E-state index contributed by atoms with van der Waals surface area (Å²) < 4.78 is 10.8. The zero-order chi connectivity index (χ0) is 21.2. The summed E-state index contributed by atoms with van der Waals surface area (Å²) in [5, 5.41) is 14.2. The number of aromatic nitrogens is 1. The van der Waals surface area contributed by atoms with Crippen LogP contribution in [0.25, 0.3) is 17.3 Å². The van der Waals surface area contributed by atoms with E-state index in [9.17, 15) is 10.1 Å². The van der Waals surface area contributed by atoms with Gasteiger partial charge in [0.05, 0.1) is 17.2 Å². The largest absolute Gasteiger partial charge is 0.454 e. The molecule has 0 saturated heterocycles. The van der Waals surface area contributed by atoms with Crippen molar-refractivity contribution in [3.05, 3.63) is 68.4 Å². The van der Waals surface area contributed by atoms with Crippen LogP contribution in [0.5, 0.6) is 11.5 Å². The molecule has 2 aromatic carbocycles. The normalized spacial score (nSPS) is 15.7. The number of non-ortho nitro benzene ring substituents is 1. The van der Waals surface area contributed by atoms with E-state index in [1.807, 2.05) is 23.6 Å². The molecule has 5 rings (SSSR count). The van der Waals surface area contributed by atoms with Crippen molar-refractivity contribution >= 4 is 45.2 Å². The number of nitrogens with one attached hydrogen (secondary N) is 2. The van der Waals surface area contributed by atoms with Gasteiger partial charge in [-0.05, 0) is 23.8 Å². The van der Waals surface area contributed by atoms with E-state index in [2.05, 4.69) is 26.9 Å². The number of hydrogen-bond acceptors (Lipinski definition) is 10. The highest BCUT2D eigenvalue weighted by molar-refractivity contribution is 8.17. The summed E-state index contributed by atoms with van der Waals surface area (Å²) >= 11 is 2.93. The monoisotopic (exact) mass is 453 g/mol. The lowest BCUT2D eigenvalue weighted by Gasteiger charge is -2.05. The van der Waals surface area contributed by atoms with Crippen molar-refractivity contribution in [1.29, 1.82) is 0 Å². The fraction of sp³-hybridized carbons (Fsp3) is 0.100. The number of ether oxygens (including phenoxy) is 2. The van der Waals surface area contributed by atoms with Crippen molar-refractivity contribution in [3.63, 3.8) is 0 Å². The number of nitro benzene ring substituents is 1. The average Bonchev–Trinajstić information content (AvgIpc) is 3.53. The molecule has 2 aliphatic heterocycles. The van der Waals surface area contributed by atoms with Crippen molar-refractivity contribution in [2.75, 3.05) is 18.8 Å². The predicted molar refractivity (Wildman–Crippen MR) is 121 cm³/mol. The Balaban J connectivity index is 1.19. The maximum Gasteiger partial charge on any atom is 0.270 e. The van der Waals surface area contributed by atoms with Crippen LogP contribution in [-0.4, -0.2) is 28.4 Å². The van der Waals surface area contributed by atoms with Gasteiger partial charge in [0, 0.05) is 28.0 Å². The number of rotatable bonds is 5. The summed E-state index contributed by atoms with van der Waals surface area (Å²) in [7, 11) is 0. The number of nitrogens with zero attached hydrogens (tertiary/aromatic N) is 3. The van der Waals surface area contributed by atoms with Gasteiger partial charge in [-0.2, -0.15) is 0 Å². The van der Waals surface area contributed by atoms with Crippen LogP contribution >= 0.6 is 23.1 Å². The Morgan fingerprint density at radius 2 is 2.03 bits per heavy atom. The molecule has 2 N–H and O–H groups in total. The van der Waals surface area contributed by atoms with E-state index in [0.717, 1.165) is 27.1 Å². The third kappa shape index (κ3) is 4.32. The van der Waals surface area contributed by atoms with Crippen LogP contribution < -0.4 is 20.3 Å². The van der Waals surface area contributed by atoms with Gasteiger partial charge in [0.2, 0.25) is 11.9 Å². The van der Waals surface area contributed by atoms with Gasteiger partial charge in [0.25, 0.3) is 5.69 Å². The SMILES string of the molecule is O=[N+]([O-])c1cccc(-c2csc(NNC3=NCC(=Cc4ccc5c(c4)OCO5)S3)n2)c1. The molecule has 0 bridgehead atoms. The number of amidine groups is 1. The molecule has 9 nitrogen and oxygen atoms in total. The van der Waals surface area contributed by atoms with E-state index in [1.54, 1.807) is 12.1 Å². The fourth-order valence-corrected chi connectivity index (χ4v) is 4.49. The first kappa shape index (κ1) is 19.4. The van der Waals surface area contributed by atoms with Crippen LogP contribution in [-0.2, 0) is 0 Å². The summed E-state index contributed by atoms with van der Waals surface area (Å²) in [5.74, 6) is 1.51. The number of nitro groups is 1. The van der Waals surface area contributed by atoms with Crippen molar-refractivity contribution in [3.8, 4) is 22.8 Å². The minimum absolute atomic E-state index is 0.0385. The third-order valence-corrected chi connectivity index (χ3v) is 6.16. The smallest absolute Gasteiger partial charge is 0.270 e. The summed E-state index contributed by atoms with van der Waals surface area (Å²) in [6, 6.07) is 12.2. The molecule has 3 aromatic rings. The molecule has 3 heterocycles. The maximum absolute atomic E-state index is 11.0. The van der Waals surface area contributed by atoms with Crippen LogP contribution in [0.3, 0.4) is 0 Å². The number of thioether (sulfide) groups is 1. The Morgan fingerprint density at radius 3 is 2.94 bits per heavy atom. The van der Waals surface area contributed by atoms with Crippen molar-refractivity contribution in [2.24, 2.45) is 4.99 Å². The van der Waals surface area contributed by atoms with Gasteiger partial charge < -0.3 is 9.47 Å². The zero-order valence-corrected chi connectivity index (χ0v) is 17.5. The van der Waals surface area contributed by atoms with Gasteiger partial charge in [-0.1, -0.05) is 30.0 Å². The zero-order valence-electron chi connectivity index (χ0n) is 15.9. The molecule has 0 saturated carbocycles. The lowest BCUT2D eigenvalue weighted by molar-refractivity contribution is -0.384. The Hall–Kier alpha value is -3.57. The molecule has 0 aliphatic carbocycles. The molecule has 11 heteroatoms. The van der Waals surface area contributed by atoms with Crippen LogP contribution in [0, 0.1) is 10.1 Å². The molecule has 31 heavy (non-hydrogen) atoms. The van der Waals surface area contributed by atoms with Gasteiger partial charge in [-0.15, -0.1) is 11.3 Å². The van der Waals surface area contributed by atoms with E-state index < -0.39 is 4.92 Å². The standard InChI is InChI=1S/C20H15N5O4S2/c26-25(27)14-3-1-2-13(8-14)16-10-30-20(22-16)24-23-19-21-9-15(31-19)6-12-4-5-17-18(7-12)29-11-28-17/h1-8,10H,9,11H2,(H,21,23)(H,22,24). The number of hydrazine groups is 1.